The van der Waals surface area contributed by atoms with Gasteiger partial charge in [0, 0.05) is 62.9 Å². The Morgan fingerprint density at radius 1 is 1.12 bits per heavy atom. The van der Waals surface area contributed by atoms with E-state index in [-0.39, 0.29) is 11.2 Å². The summed E-state index contributed by atoms with van der Waals surface area (Å²) < 4.78 is 25.3. The molecule has 7 nitrogen and oxygen atoms in total. The van der Waals surface area contributed by atoms with Crippen LogP contribution in [0.2, 0.25) is 0 Å². The SMILES string of the molecule is COCCNC1CCC(Nc2cc(-c3cc(NCC4(C)CCOCC4)ccn3)c(F)cn2)CC1. The minimum Gasteiger partial charge on any atom is -0.384 e. The number of hydrogen-bond acceptors (Lipinski definition) is 7. The number of ether oxygens (including phenoxy) is 2. The summed E-state index contributed by atoms with van der Waals surface area (Å²) in [5.74, 6) is 0.333. The van der Waals surface area contributed by atoms with E-state index in [0.29, 0.717) is 29.2 Å². The standard InChI is InChI=1S/C26H38FN5O2/c1-26(8-12-34-13-9-26)18-31-21-7-10-29-24(15-21)22-16-25(30-17-23(22)27)32-20-5-3-19(4-6-20)28-11-14-33-2/h7,10,15-17,19-20,28H,3-6,8-9,11-14,18H2,1-2H3,(H,29,31)(H,30,32). The van der Waals surface area contributed by atoms with Gasteiger partial charge in [0.2, 0.25) is 0 Å². The van der Waals surface area contributed by atoms with Gasteiger partial charge in [0.25, 0.3) is 0 Å². The van der Waals surface area contributed by atoms with E-state index in [4.69, 9.17) is 9.47 Å². The van der Waals surface area contributed by atoms with Crippen molar-refractivity contribution in [2.24, 2.45) is 5.41 Å². The van der Waals surface area contributed by atoms with Gasteiger partial charge in [-0.25, -0.2) is 9.37 Å². The maximum atomic E-state index is 14.7. The van der Waals surface area contributed by atoms with Crippen LogP contribution >= 0.6 is 0 Å². The van der Waals surface area contributed by atoms with Gasteiger partial charge in [0.1, 0.15) is 5.82 Å². The highest BCUT2D eigenvalue weighted by Crippen LogP contribution is 2.31. The average Bonchev–Trinajstić information content (AvgIpc) is 2.86. The molecule has 2 aromatic heterocycles. The number of hydrogen-bond donors (Lipinski definition) is 3. The zero-order valence-corrected chi connectivity index (χ0v) is 20.4. The number of aromatic nitrogens is 2. The zero-order valence-electron chi connectivity index (χ0n) is 20.4. The number of pyridine rings is 2. The molecule has 0 unspecified atom stereocenters. The van der Waals surface area contributed by atoms with Crippen LogP contribution in [0.15, 0.2) is 30.6 Å². The van der Waals surface area contributed by atoms with Gasteiger partial charge in [0.15, 0.2) is 5.82 Å². The van der Waals surface area contributed by atoms with Crippen LogP contribution in [0, 0.1) is 11.2 Å². The van der Waals surface area contributed by atoms with Crippen molar-refractivity contribution in [2.45, 2.75) is 57.5 Å². The lowest BCUT2D eigenvalue weighted by Crippen LogP contribution is -2.38. The number of anilines is 2. The Morgan fingerprint density at radius 3 is 2.65 bits per heavy atom. The third-order valence-electron chi connectivity index (χ3n) is 7.13. The number of nitrogens with zero attached hydrogens (tertiary/aromatic N) is 2. The third kappa shape index (κ3) is 6.87. The molecule has 0 radical (unpaired) electrons. The van der Waals surface area contributed by atoms with E-state index < -0.39 is 0 Å². The Hall–Kier alpha value is -2.29. The highest BCUT2D eigenvalue weighted by atomic mass is 19.1. The fourth-order valence-corrected chi connectivity index (χ4v) is 4.77. The minimum atomic E-state index is -0.363. The molecule has 4 rings (SSSR count). The Labute approximate surface area is 202 Å². The smallest absolute Gasteiger partial charge is 0.151 e. The van der Waals surface area contributed by atoms with Gasteiger partial charge >= 0.3 is 0 Å². The van der Waals surface area contributed by atoms with Gasteiger partial charge in [-0.15, -0.1) is 0 Å². The maximum Gasteiger partial charge on any atom is 0.151 e. The molecule has 1 aliphatic heterocycles. The van der Waals surface area contributed by atoms with Gasteiger partial charge in [0.05, 0.1) is 18.5 Å². The van der Waals surface area contributed by atoms with Gasteiger partial charge < -0.3 is 25.4 Å². The summed E-state index contributed by atoms with van der Waals surface area (Å²) in [7, 11) is 1.72. The van der Waals surface area contributed by atoms with Gasteiger partial charge in [-0.05, 0) is 62.1 Å². The molecule has 0 bridgehead atoms. The molecule has 0 spiro atoms. The van der Waals surface area contributed by atoms with Crippen molar-refractivity contribution in [2.75, 3.05) is 50.7 Å². The van der Waals surface area contributed by atoms with Gasteiger partial charge in [-0.1, -0.05) is 6.92 Å². The molecule has 34 heavy (non-hydrogen) atoms. The van der Waals surface area contributed by atoms with Crippen LogP contribution < -0.4 is 16.0 Å². The molecule has 1 aliphatic carbocycles. The van der Waals surface area contributed by atoms with E-state index in [1.54, 1.807) is 19.4 Å². The van der Waals surface area contributed by atoms with Crippen molar-refractivity contribution in [1.29, 1.82) is 0 Å². The van der Waals surface area contributed by atoms with Crippen LogP contribution in [0.1, 0.15) is 45.4 Å². The second-order valence-corrected chi connectivity index (χ2v) is 9.90. The van der Waals surface area contributed by atoms with Crippen LogP contribution in [-0.2, 0) is 9.47 Å². The van der Waals surface area contributed by atoms with Crippen LogP contribution in [-0.4, -0.2) is 62.1 Å². The molecule has 186 valence electrons. The van der Waals surface area contributed by atoms with Crippen molar-refractivity contribution in [3.8, 4) is 11.3 Å². The quantitative estimate of drug-likeness (QED) is 0.441. The largest absolute Gasteiger partial charge is 0.384 e. The summed E-state index contributed by atoms with van der Waals surface area (Å²) in [5.41, 5.74) is 2.23. The van der Waals surface area contributed by atoms with E-state index in [2.05, 4.69) is 32.8 Å². The summed E-state index contributed by atoms with van der Waals surface area (Å²) in [6.07, 6.45) is 9.43. The third-order valence-corrected chi connectivity index (χ3v) is 7.13. The first-order valence-electron chi connectivity index (χ1n) is 12.5. The average molecular weight is 472 g/mol. The fourth-order valence-electron chi connectivity index (χ4n) is 4.77. The van der Waals surface area contributed by atoms with E-state index >= 15 is 0 Å². The van der Waals surface area contributed by atoms with Crippen molar-refractivity contribution >= 4 is 11.5 Å². The van der Waals surface area contributed by atoms with E-state index in [1.807, 2.05) is 12.1 Å². The van der Waals surface area contributed by atoms with Crippen molar-refractivity contribution in [3.05, 3.63) is 36.4 Å². The fraction of sp³-hybridized carbons (Fsp3) is 0.615. The summed E-state index contributed by atoms with van der Waals surface area (Å²) in [4.78, 5) is 8.74. The monoisotopic (exact) mass is 471 g/mol. The van der Waals surface area contributed by atoms with Crippen LogP contribution in [0.25, 0.3) is 11.3 Å². The molecule has 3 N–H and O–H groups in total. The number of halogens is 1. The Morgan fingerprint density at radius 2 is 1.88 bits per heavy atom. The number of nitrogens with one attached hydrogen (secondary N) is 3. The molecule has 0 amide bonds. The molecule has 3 heterocycles. The molecular weight excluding hydrogens is 433 g/mol. The Balaban J connectivity index is 1.36. The van der Waals surface area contributed by atoms with Crippen molar-refractivity contribution in [1.82, 2.24) is 15.3 Å². The first-order chi connectivity index (χ1) is 16.5. The highest BCUT2D eigenvalue weighted by Gasteiger charge is 2.27. The van der Waals surface area contributed by atoms with Crippen molar-refractivity contribution in [3.63, 3.8) is 0 Å². The lowest BCUT2D eigenvalue weighted by atomic mass is 9.82. The maximum absolute atomic E-state index is 14.7. The summed E-state index contributed by atoms with van der Waals surface area (Å²) in [6, 6.07) is 6.51. The molecule has 0 aromatic carbocycles. The van der Waals surface area contributed by atoms with Gasteiger partial charge in [-0.2, -0.15) is 0 Å². The van der Waals surface area contributed by atoms with E-state index in [0.717, 1.165) is 77.1 Å². The second kappa shape index (κ2) is 11.9. The molecule has 2 aliphatic rings. The lowest BCUT2D eigenvalue weighted by Gasteiger charge is -2.34. The van der Waals surface area contributed by atoms with Crippen molar-refractivity contribution < 1.29 is 13.9 Å². The molecule has 2 aromatic rings. The molecule has 0 atom stereocenters. The molecular formula is C26H38FN5O2. The first kappa shape index (κ1) is 24.8. The number of methoxy groups -OCH3 is 1. The first-order valence-corrected chi connectivity index (χ1v) is 12.5. The highest BCUT2D eigenvalue weighted by molar-refractivity contribution is 5.67. The van der Waals surface area contributed by atoms with E-state index in [9.17, 15) is 4.39 Å². The molecule has 1 saturated carbocycles. The minimum absolute atomic E-state index is 0.207. The zero-order chi connectivity index (χ0) is 23.8. The predicted molar refractivity (Wildman–Crippen MR) is 134 cm³/mol. The van der Waals surface area contributed by atoms with Crippen LogP contribution in [0.5, 0.6) is 0 Å². The Kier molecular flexibility index (Phi) is 8.69. The van der Waals surface area contributed by atoms with Crippen LogP contribution in [0.3, 0.4) is 0 Å². The predicted octanol–water partition coefficient (Wildman–Crippen LogP) is 4.47. The summed E-state index contributed by atoms with van der Waals surface area (Å²) >= 11 is 0. The van der Waals surface area contributed by atoms with Crippen LogP contribution in [0.4, 0.5) is 15.9 Å². The molecule has 2 fully saturated rings. The topological polar surface area (TPSA) is 80.3 Å². The Bertz CT molecular complexity index is 914. The summed E-state index contributed by atoms with van der Waals surface area (Å²) in [5, 5.41) is 10.6. The second-order valence-electron chi connectivity index (χ2n) is 9.90. The summed E-state index contributed by atoms with van der Waals surface area (Å²) in [6.45, 7) is 6.38. The molecule has 8 heteroatoms. The van der Waals surface area contributed by atoms with Gasteiger partial charge in [-0.3, -0.25) is 4.98 Å². The normalized spacial score (nSPS) is 22.3. The lowest BCUT2D eigenvalue weighted by molar-refractivity contribution is 0.0300. The van der Waals surface area contributed by atoms with E-state index in [1.165, 1.54) is 6.20 Å². The number of rotatable bonds is 10. The molecule has 1 saturated heterocycles.